The number of rotatable bonds is 4. The van der Waals surface area contributed by atoms with Crippen LogP contribution in [0.5, 0.6) is 0 Å². The fourth-order valence-corrected chi connectivity index (χ4v) is 3.45. The maximum absolute atomic E-state index is 12.6. The van der Waals surface area contributed by atoms with Crippen molar-refractivity contribution in [3.05, 3.63) is 42.1 Å². The molecule has 23 heavy (non-hydrogen) atoms. The molecular formula is C17H22N4O2. The highest BCUT2D eigenvalue weighted by atomic mass is 16.3. The first-order valence-electron chi connectivity index (χ1n) is 8.23. The number of amides is 1. The van der Waals surface area contributed by atoms with Gasteiger partial charge in [0.15, 0.2) is 0 Å². The lowest BCUT2D eigenvalue weighted by atomic mass is 10.1. The second-order valence-electron chi connectivity index (χ2n) is 6.58. The number of nitrogens with zero attached hydrogens (tertiary/aromatic N) is 4. The van der Waals surface area contributed by atoms with E-state index in [-0.39, 0.29) is 5.92 Å². The Kier molecular flexibility index (Phi) is 3.69. The van der Waals surface area contributed by atoms with E-state index in [1.165, 1.54) is 5.56 Å². The van der Waals surface area contributed by atoms with Gasteiger partial charge in [0.25, 0.3) is 0 Å². The highest BCUT2D eigenvalue weighted by Gasteiger charge is 2.46. The van der Waals surface area contributed by atoms with Crippen molar-refractivity contribution in [1.82, 2.24) is 19.6 Å². The molecular weight excluding hydrogens is 292 g/mol. The van der Waals surface area contributed by atoms with E-state index in [4.69, 9.17) is 4.42 Å². The second-order valence-corrected chi connectivity index (χ2v) is 6.58. The summed E-state index contributed by atoms with van der Waals surface area (Å²) >= 11 is 0. The maximum atomic E-state index is 12.6. The molecule has 0 bridgehead atoms. The Bertz CT molecular complexity index is 671. The lowest BCUT2D eigenvalue weighted by molar-refractivity contribution is -0.134. The number of aryl methyl sites for hydroxylation is 1. The predicted molar refractivity (Wildman–Crippen MR) is 84.6 cm³/mol. The van der Waals surface area contributed by atoms with Crippen molar-refractivity contribution in [2.45, 2.75) is 18.9 Å². The minimum Gasteiger partial charge on any atom is -0.468 e. The Hall–Kier alpha value is -2.08. The van der Waals surface area contributed by atoms with Crippen molar-refractivity contribution < 1.29 is 9.21 Å². The summed E-state index contributed by atoms with van der Waals surface area (Å²) in [6.45, 7) is 4.29. The van der Waals surface area contributed by atoms with Crippen LogP contribution in [0.1, 0.15) is 23.7 Å². The molecule has 0 N–H and O–H groups in total. The number of hydrogen-bond donors (Lipinski definition) is 0. The fourth-order valence-electron chi connectivity index (χ4n) is 3.45. The summed E-state index contributed by atoms with van der Waals surface area (Å²) in [6, 6.07) is 3.92. The van der Waals surface area contributed by atoms with Crippen LogP contribution in [0.3, 0.4) is 0 Å². The fraction of sp³-hybridized carbons (Fsp3) is 0.529. The van der Waals surface area contributed by atoms with Crippen molar-refractivity contribution in [1.29, 1.82) is 0 Å². The molecule has 2 atom stereocenters. The van der Waals surface area contributed by atoms with Crippen LogP contribution in [0, 0.1) is 5.92 Å². The number of piperazine rings is 1. The normalized spacial score (nSPS) is 24.8. The van der Waals surface area contributed by atoms with Gasteiger partial charge >= 0.3 is 0 Å². The van der Waals surface area contributed by atoms with Crippen LogP contribution in [0.2, 0.25) is 0 Å². The Labute approximate surface area is 135 Å². The van der Waals surface area contributed by atoms with Gasteiger partial charge in [-0.3, -0.25) is 14.4 Å². The van der Waals surface area contributed by atoms with Crippen molar-refractivity contribution in [3.63, 3.8) is 0 Å². The van der Waals surface area contributed by atoms with Gasteiger partial charge in [-0.1, -0.05) is 0 Å². The molecule has 3 heterocycles. The van der Waals surface area contributed by atoms with E-state index >= 15 is 0 Å². The monoisotopic (exact) mass is 314 g/mol. The van der Waals surface area contributed by atoms with Gasteiger partial charge in [0.1, 0.15) is 5.76 Å². The van der Waals surface area contributed by atoms with E-state index in [9.17, 15) is 4.79 Å². The Morgan fingerprint density at radius 1 is 1.35 bits per heavy atom. The first-order chi connectivity index (χ1) is 11.2. The van der Waals surface area contributed by atoms with Crippen molar-refractivity contribution >= 4 is 5.91 Å². The molecule has 1 amide bonds. The third-order valence-electron chi connectivity index (χ3n) is 4.90. The summed E-state index contributed by atoms with van der Waals surface area (Å²) in [5.41, 5.74) is 1.20. The molecule has 2 fully saturated rings. The Balaban J connectivity index is 1.28. The minimum absolute atomic E-state index is 0.163. The molecule has 0 spiro atoms. The van der Waals surface area contributed by atoms with Gasteiger partial charge in [-0.25, -0.2) is 0 Å². The second kappa shape index (κ2) is 5.85. The molecule has 122 valence electrons. The maximum Gasteiger partial charge on any atom is 0.226 e. The van der Waals surface area contributed by atoms with Crippen LogP contribution in [0.15, 0.2) is 35.2 Å². The zero-order valence-electron chi connectivity index (χ0n) is 13.4. The molecule has 0 aromatic carbocycles. The molecule has 0 radical (unpaired) electrons. The molecule has 2 aliphatic rings. The summed E-state index contributed by atoms with van der Waals surface area (Å²) < 4.78 is 7.20. The number of aromatic nitrogens is 2. The topological polar surface area (TPSA) is 54.5 Å². The average Bonchev–Trinajstić information content (AvgIpc) is 2.96. The molecule has 6 nitrogen and oxygen atoms in total. The van der Waals surface area contributed by atoms with Gasteiger partial charge < -0.3 is 9.32 Å². The van der Waals surface area contributed by atoms with Crippen LogP contribution in [-0.4, -0.2) is 51.7 Å². The van der Waals surface area contributed by atoms with Gasteiger partial charge in [-0.05, 0) is 30.0 Å². The van der Waals surface area contributed by atoms with Gasteiger partial charge in [-0.15, -0.1) is 0 Å². The molecule has 1 aliphatic heterocycles. The summed E-state index contributed by atoms with van der Waals surface area (Å²) in [4.78, 5) is 17.0. The van der Waals surface area contributed by atoms with Gasteiger partial charge in [-0.2, -0.15) is 5.10 Å². The minimum atomic E-state index is 0.163. The highest BCUT2D eigenvalue weighted by molar-refractivity contribution is 5.83. The lowest BCUT2D eigenvalue weighted by Gasteiger charge is -2.34. The van der Waals surface area contributed by atoms with E-state index in [2.05, 4.69) is 10.00 Å². The third-order valence-corrected chi connectivity index (χ3v) is 4.90. The van der Waals surface area contributed by atoms with Crippen LogP contribution in [-0.2, 0) is 18.4 Å². The zero-order valence-corrected chi connectivity index (χ0v) is 13.4. The van der Waals surface area contributed by atoms with Crippen LogP contribution < -0.4 is 0 Å². The smallest absolute Gasteiger partial charge is 0.226 e. The van der Waals surface area contributed by atoms with E-state index in [0.717, 1.165) is 44.9 Å². The number of carbonyl (C=O) groups is 1. The van der Waals surface area contributed by atoms with Crippen LogP contribution in [0.4, 0.5) is 0 Å². The molecule has 1 aliphatic carbocycles. The van der Waals surface area contributed by atoms with Crippen LogP contribution in [0.25, 0.3) is 0 Å². The van der Waals surface area contributed by atoms with Crippen molar-refractivity contribution in [2.24, 2.45) is 13.0 Å². The van der Waals surface area contributed by atoms with E-state index in [1.807, 2.05) is 41.2 Å². The Morgan fingerprint density at radius 3 is 2.83 bits per heavy atom. The quantitative estimate of drug-likeness (QED) is 0.857. The van der Waals surface area contributed by atoms with E-state index in [0.29, 0.717) is 11.8 Å². The standard InChI is InChI=1S/C17H22N4O2/c1-19-11-13(10-18-19)15-9-16(15)17(22)21-6-4-20(5-7-21)12-14-3-2-8-23-14/h2-3,8,10-11,15-16H,4-7,9,12H2,1H3/t15-,16+/m1/s1. The summed E-state index contributed by atoms with van der Waals surface area (Å²) in [5.74, 6) is 1.84. The molecule has 1 saturated carbocycles. The van der Waals surface area contributed by atoms with Gasteiger partial charge in [0.05, 0.1) is 19.0 Å². The summed E-state index contributed by atoms with van der Waals surface area (Å²) in [7, 11) is 1.92. The first-order valence-corrected chi connectivity index (χ1v) is 8.23. The number of hydrogen-bond acceptors (Lipinski definition) is 4. The first kappa shape index (κ1) is 14.5. The highest BCUT2D eigenvalue weighted by Crippen LogP contribution is 2.48. The molecule has 2 aromatic heterocycles. The van der Waals surface area contributed by atoms with Crippen molar-refractivity contribution in [2.75, 3.05) is 26.2 Å². The summed E-state index contributed by atoms with van der Waals surface area (Å²) in [5, 5.41) is 4.21. The molecule has 4 rings (SSSR count). The number of furan rings is 1. The SMILES string of the molecule is Cn1cc([C@H]2C[C@@H]2C(=O)N2CCN(Cc3ccco3)CC2)cn1. The zero-order chi connectivity index (χ0) is 15.8. The van der Waals surface area contributed by atoms with Gasteiger partial charge in [0, 0.05) is 45.3 Å². The number of carbonyl (C=O) groups excluding carboxylic acids is 1. The van der Waals surface area contributed by atoms with E-state index in [1.54, 1.807) is 6.26 Å². The molecule has 2 aromatic rings. The Morgan fingerprint density at radius 2 is 2.17 bits per heavy atom. The average molecular weight is 314 g/mol. The largest absolute Gasteiger partial charge is 0.468 e. The lowest BCUT2D eigenvalue weighted by Crippen LogP contribution is -2.48. The van der Waals surface area contributed by atoms with Crippen molar-refractivity contribution in [3.8, 4) is 0 Å². The summed E-state index contributed by atoms with van der Waals surface area (Å²) in [6.07, 6.45) is 6.59. The molecule has 0 unspecified atom stereocenters. The predicted octanol–water partition coefficient (Wildman–Crippen LogP) is 1.46. The van der Waals surface area contributed by atoms with Crippen LogP contribution >= 0.6 is 0 Å². The van der Waals surface area contributed by atoms with Gasteiger partial charge in [0.2, 0.25) is 5.91 Å². The molecule has 6 heteroatoms. The third kappa shape index (κ3) is 3.03. The molecule has 1 saturated heterocycles. The van der Waals surface area contributed by atoms with E-state index < -0.39 is 0 Å².